The van der Waals surface area contributed by atoms with Gasteiger partial charge in [0.25, 0.3) is 11.8 Å². The Balaban J connectivity index is 1.53. The number of halogens is 2. The minimum Gasteiger partial charge on any atom is -0.489 e. The fraction of sp³-hybridized carbons (Fsp3) is 0.192. The highest BCUT2D eigenvalue weighted by molar-refractivity contribution is 6.31. The van der Waals surface area contributed by atoms with Gasteiger partial charge >= 0.3 is 0 Å². The van der Waals surface area contributed by atoms with Crippen molar-refractivity contribution in [2.45, 2.75) is 26.5 Å². The lowest BCUT2D eigenvalue weighted by Crippen LogP contribution is -2.48. The predicted octanol–water partition coefficient (Wildman–Crippen LogP) is 4.96. The first-order valence-corrected chi connectivity index (χ1v) is 11.1. The highest BCUT2D eigenvalue weighted by Crippen LogP contribution is 2.18. The molecule has 176 valence electrons. The zero-order valence-corrected chi connectivity index (χ0v) is 19.6. The van der Waals surface area contributed by atoms with Gasteiger partial charge in [0, 0.05) is 16.1 Å². The number of ether oxygens (including phenoxy) is 1. The topological polar surface area (TPSA) is 79.8 Å². The molecule has 8 heteroatoms. The molecule has 0 fully saturated rings. The van der Waals surface area contributed by atoms with Crippen molar-refractivity contribution in [2.24, 2.45) is 11.0 Å². The Morgan fingerprint density at radius 3 is 2.35 bits per heavy atom. The average molecular weight is 482 g/mol. The van der Waals surface area contributed by atoms with E-state index in [-0.39, 0.29) is 11.5 Å². The molecule has 2 amide bonds. The summed E-state index contributed by atoms with van der Waals surface area (Å²) < 4.78 is 18.8. The van der Waals surface area contributed by atoms with Gasteiger partial charge in [-0.2, -0.15) is 5.10 Å². The summed E-state index contributed by atoms with van der Waals surface area (Å²) in [5.41, 5.74) is 4.36. The molecule has 2 N–H and O–H groups in total. The molecule has 34 heavy (non-hydrogen) atoms. The Morgan fingerprint density at radius 1 is 1.03 bits per heavy atom. The summed E-state index contributed by atoms with van der Waals surface area (Å²) in [4.78, 5) is 25.0. The molecule has 0 heterocycles. The largest absolute Gasteiger partial charge is 0.489 e. The average Bonchev–Trinajstić information content (AvgIpc) is 2.83. The summed E-state index contributed by atoms with van der Waals surface area (Å²) in [6.45, 7) is 3.96. The fourth-order valence-corrected chi connectivity index (χ4v) is 3.22. The Bertz CT molecular complexity index is 1150. The first kappa shape index (κ1) is 24.9. The second-order valence-electron chi connectivity index (χ2n) is 7.89. The predicted molar refractivity (Wildman–Crippen MR) is 130 cm³/mol. The Morgan fingerprint density at radius 2 is 1.71 bits per heavy atom. The van der Waals surface area contributed by atoms with Crippen molar-refractivity contribution in [1.29, 1.82) is 0 Å². The van der Waals surface area contributed by atoms with Crippen molar-refractivity contribution in [1.82, 2.24) is 10.7 Å². The van der Waals surface area contributed by atoms with Gasteiger partial charge < -0.3 is 10.1 Å². The number of nitrogens with zero attached hydrogens (tertiary/aromatic N) is 1. The Kier molecular flexibility index (Phi) is 8.76. The van der Waals surface area contributed by atoms with Crippen LogP contribution in [0.4, 0.5) is 4.39 Å². The lowest BCUT2D eigenvalue weighted by atomic mass is 10.0. The second kappa shape index (κ2) is 12.0. The van der Waals surface area contributed by atoms with Crippen LogP contribution in [0.5, 0.6) is 5.75 Å². The van der Waals surface area contributed by atoms with Crippen LogP contribution in [0.15, 0.2) is 77.9 Å². The van der Waals surface area contributed by atoms with Crippen LogP contribution in [-0.2, 0) is 11.4 Å². The van der Waals surface area contributed by atoms with E-state index in [1.165, 1.54) is 30.5 Å². The first-order valence-electron chi connectivity index (χ1n) is 10.7. The molecular weight excluding hydrogens is 457 g/mol. The van der Waals surface area contributed by atoms with E-state index in [9.17, 15) is 14.0 Å². The van der Waals surface area contributed by atoms with Gasteiger partial charge in [0.05, 0.1) is 6.21 Å². The number of hydrogen-bond acceptors (Lipinski definition) is 4. The summed E-state index contributed by atoms with van der Waals surface area (Å²) in [5, 5.41) is 7.30. The highest BCUT2D eigenvalue weighted by atomic mass is 35.5. The molecule has 1 unspecified atom stereocenters. The fourth-order valence-electron chi connectivity index (χ4n) is 3.03. The van der Waals surface area contributed by atoms with Crippen LogP contribution in [-0.4, -0.2) is 24.1 Å². The molecule has 0 saturated carbocycles. The van der Waals surface area contributed by atoms with Gasteiger partial charge in [-0.05, 0) is 66.1 Å². The smallest absolute Gasteiger partial charge is 0.262 e. The zero-order valence-electron chi connectivity index (χ0n) is 18.8. The standard InChI is InChI=1S/C26H25ClFN3O3/c1-17(2)24(30-25(32)19-9-11-21(28)12-10-19)26(33)31-29-15-18-7-13-22(14-8-18)34-16-20-5-3-4-6-23(20)27/h3-15,17,24H,16H2,1-2H3,(H,30,32)(H,31,33)/b29-15+. The molecule has 3 rings (SSSR count). The number of hydrazone groups is 1. The Labute approximate surface area is 202 Å². The number of carbonyl (C=O) groups excluding carboxylic acids is 2. The summed E-state index contributed by atoms with van der Waals surface area (Å²) in [6.07, 6.45) is 1.49. The lowest BCUT2D eigenvalue weighted by Gasteiger charge is -2.20. The van der Waals surface area contributed by atoms with Crippen LogP contribution in [0.2, 0.25) is 5.02 Å². The molecule has 0 radical (unpaired) electrons. The number of carbonyl (C=O) groups is 2. The molecule has 0 spiro atoms. The maximum Gasteiger partial charge on any atom is 0.262 e. The van der Waals surface area contributed by atoms with Gasteiger partial charge in [-0.1, -0.05) is 43.6 Å². The molecular formula is C26H25ClFN3O3. The van der Waals surface area contributed by atoms with Gasteiger partial charge in [-0.15, -0.1) is 0 Å². The molecule has 0 aromatic heterocycles. The van der Waals surface area contributed by atoms with Crippen LogP contribution in [0.1, 0.15) is 35.3 Å². The number of rotatable bonds is 9. The maximum absolute atomic E-state index is 13.1. The van der Waals surface area contributed by atoms with E-state index in [1.54, 1.807) is 38.1 Å². The van der Waals surface area contributed by atoms with E-state index in [1.807, 2.05) is 24.3 Å². The van der Waals surface area contributed by atoms with Gasteiger partial charge in [0.2, 0.25) is 0 Å². The number of benzene rings is 3. The quantitative estimate of drug-likeness (QED) is 0.335. The summed E-state index contributed by atoms with van der Waals surface area (Å²) >= 11 is 6.14. The van der Waals surface area contributed by atoms with Gasteiger partial charge in [0.1, 0.15) is 24.2 Å². The molecule has 0 aliphatic heterocycles. The van der Waals surface area contributed by atoms with Crippen molar-refractivity contribution in [3.8, 4) is 5.75 Å². The number of nitrogens with one attached hydrogen (secondary N) is 2. The molecule has 0 aliphatic rings. The molecule has 3 aromatic rings. The van der Waals surface area contributed by atoms with E-state index >= 15 is 0 Å². The molecule has 0 aliphatic carbocycles. The van der Waals surface area contributed by atoms with E-state index in [4.69, 9.17) is 16.3 Å². The van der Waals surface area contributed by atoms with E-state index in [0.29, 0.717) is 17.4 Å². The SMILES string of the molecule is CC(C)C(NC(=O)c1ccc(F)cc1)C(=O)N/N=C/c1ccc(OCc2ccccc2Cl)cc1. The molecule has 0 bridgehead atoms. The van der Waals surface area contributed by atoms with Crippen LogP contribution in [0, 0.1) is 11.7 Å². The van der Waals surface area contributed by atoms with Crippen LogP contribution in [0.3, 0.4) is 0 Å². The van der Waals surface area contributed by atoms with Crippen molar-refractivity contribution in [3.63, 3.8) is 0 Å². The third kappa shape index (κ3) is 7.15. The number of hydrogen-bond donors (Lipinski definition) is 2. The molecule has 3 aromatic carbocycles. The van der Waals surface area contributed by atoms with Gasteiger partial charge in [-0.25, -0.2) is 9.82 Å². The normalized spacial score (nSPS) is 11.9. The zero-order chi connectivity index (χ0) is 24.5. The second-order valence-corrected chi connectivity index (χ2v) is 8.29. The molecule has 0 saturated heterocycles. The van der Waals surface area contributed by atoms with Crippen LogP contribution >= 0.6 is 11.6 Å². The van der Waals surface area contributed by atoms with Crippen LogP contribution < -0.4 is 15.5 Å². The van der Waals surface area contributed by atoms with E-state index in [0.717, 1.165) is 11.1 Å². The van der Waals surface area contributed by atoms with Gasteiger partial charge in [-0.3, -0.25) is 9.59 Å². The van der Waals surface area contributed by atoms with Crippen molar-refractivity contribution in [2.75, 3.05) is 0 Å². The summed E-state index contributed by atoms with van der Waals surface area (Å²) in [5.74, 6) is -0.880. The lowest BCUT2D eigenvalue weighted by molar-refractivity contribution is -0.123. The highest BCUT2D eigenvalue weighted by Gasteiger charge is 2.24. The maximum atomic E-state index is 13.1. The van der Waals surface area contributed by atoms with Crippen LogP contribution in [0.25, 0.3) is 0 Å². The third-order valence-corrected chi connectivity index (χ3v) is 5.33. The number of amides is 2. The van der Waals surface area contributed by atoms with E-state index < -0.39 is 23.7 Å². The van der Waals surface area contributed by atoms with Crippen molar-refractivity contribution >= 4 is 29.6 Å². The molecule has 1 atom stereocenters. The first-order chi connectivity index (χ1) is 16.3. The van der Waals surface area contributed by atoms with Crippen molar-refractivity contribution < 1.29 is 18.7 Å². The molecule has 6 nitrogen and oxygen atoms in total. The van der Waals surface area contributed by atoms with Crippen molar-refractivity contribution in [3.05, 3.63) is 100 Å². The minimum absolute atomic E-state index is 0.186. The van der Waals surface area contributed by atoms with E-state index in [2.05, 4.69) is 15.8 Å². The summed E-state index contributed by atoms with van der Waals surface area (Å²) in [6, 6.07) is 19.0. The Hall–Kier alpha value is -3.71. The monoisotopic (exact) mass is 481 g/mol. The third-order valence-electron chi connectivity index (χ3n) is 4.96. The van der Waals surface area contributed by atoms with Gasteiger partial charge in [0.15, 0.2) is 0 Å². The minimum atomic E-state index is -0.810. The summed E-state index contributed by atoms with van der Waals surface area (Å²) in [7, 11) is 0.